The zero-order valence-corrected chi connectivity index (χ0v) is 13.4. The normalized spacial score (nSPS) is 12.0. The van der Waals surface area contributed by atoms with Gasteiger partial charge in [0.05, 0.1) is 11.2 Å². The van der Waals surface area contributed by atoms with Crippen LogP contribution in [0.15, 0.2) is 28.6 Å². The molecule has 0 aromatic carbocycles. The lowest BCUT2D eigenvalue weighted by Crippen LogP contribution is -2.21. The van der Waals surface area contributed by atoms with E-state index in [1.807, 2.05) is 0 Å². The van der Waals surface area contributed by atoms with Crippen LogP contribution in [-0.2, 0) is 21.4 Å². The Morgan fingerprint density at radius 2 is 2.19 bits per heavy atom. The SMILES string of the molecule is Cc1ncc(S(=O)(=O)NCc2ccc(/C=C/C(=O)O)s2)s1. The van der Waals surface area contributed by atoms with Crippen LogP contribution in [-0.4, -0.2) is 24.5 Å². The zero-order chi connectivity index (χ0) is 15.5. The van der Waals surface area contributed by atoms with Crippen LogP contribution in [0.5, 0.6) is 0 Å². The molecule has 9 heteroatoms. The summed E-state index contributed by atoms with van der Waals surface area (Å²) in [4.78, 5) is 15.9. The number of aromatic nitrogens is 1. The highest BCUT2D eigenvalue weighted by Gasteiger charge is 2.16. The van der Waals surface area contributed by atoms with Crippen LogP contribution in [0.3, 0.4) is 0 Å². The average Bonchev–Trinajstić information content (AvgIpc) is 3.03. The fourth-order valence-corrected chi connectivity index (χ4v) is 4.54. The van der Waals surface area contributed by atoms with Crippen molar-refractivity contribution < 1.29 is 18.3 Å². The van der Waals surface area contributed by atoms with Gasteiger partial charge in [-0.1, -0.05) is 0 Å². The molecule has 0 bridgehead atoms. The van der Waals surface area contributed by atoms with Crippen molar-refractivity contribution in [3.63, 3.8) is 0 Å². The molecule has 0 saturated heterocycles. The van der Waals surface area contributed by atoms with Crippen molar-refractivity contribution in [1.29, 1.82) is 0 Å². The van der Waals surface area contributed by atoms with Gasteiger partial charge in [0.2, 0.25) is 0 Å². The summed E-state index contributed by atoms with van der Waals surface area (Å²) in [5.41, 5.74) is 0. The number of hydrogen-bond acceptors (Lipinski definition) is 6. The molecule has 2 heterocycles. The monoisotopic (exact) mass is 344 g/mol. The molecule has 0 fully saturated rings. The van der Waals surface area contributed by atoms with Crippen LogP contribution in [0.1, 0.15) is 14.8 Å². The van der Waals surface area contributed by atoms with Crippen molar-refractivity contribution in [2.24, 2.45) is 0 Å². The lowest BCUT2D eigenvalue weighted by molar-refractivity contribution is -0.131. The van der Waals surface area contributed by atoms with Crippen LogP contribution in [0.25, 0.3) is 6.08 Å². The maximum Gasteiger partial charge on any atom is 0.328 e. The van der Waals surface area contributed by atoms with E-state index in [4.69, 9.17) is 5.11 Å². The fourth-order valence-electron chi connectivity index (χ4n) is 1.44. The summed E-state index contributed by atoms with van der Waals surface area (Å²) in [6, 6.07) is 3.50. The molecule has 0 unspecified atom stereocenters. The Balaban J connectivity index is 2.01. The van der Waals surface area contributed by atoms with E-state index in [-0.39, 0.29) is 10.8 Å². The van der Waals surface area contributed by atoms with E-state index in [0.717, 1.165) is 27.2 Å². The first-order valence-electron chi connectivity index (χ1n) is 5.78. The summed E-state index contributed by atoms with van der Waals surface area (Å²) in [7, 11) is -3.55. The Labute approximate surface area is 129 Å². The predicted octanol–water partition coefficient (Wildman–Crippen LogP) is 2.09. The standard InChI is InChI=1S/C12H12N2O4S3/c1-8-13-7-12(19-8)21(17,18)14-6-10-3-2-9(20-10)4-5-11(15)16/h2-5,7,14H,6H2,1H3,(H,15,16)/b5-4+. The number of thiazole rings is 1. The summed E-state index contributed by atoms with van der Waals surface area (Å²) >= 11 is 2.44. The zero-order valence-electron chi connectivity index (χ0n) is 10.9. The Hall–Kier alpha value is -1.55. The van der Waals surface area contributed by atoms with Crippen molar-refractivity contribution in [3.05, 3.63) is 39.2 Å². The van der Waals surface area contributed by atoms with E-state index in [1.54, 1.807) is 19.1 Å². The Kier molecular flexibility index (Phi) is 4.88. The second-order valence-electron chi connectivity index (χ2n) is 4.00. The molecule has 0 radical (unpaired) electrons. The average molecular weight is 344 g/mol. The number of carbonyl (C=O) groups is 1. The van der Waals surface area contributed by atoms with Crippen molar-refractivity contribution in [3.8, 4) is 0 Å². The summed E-state index contributed by atoms with van der Waals surface area (Å²) < 4.78 is 26.7. The molecular formula is C12H12N2O4S3. The Morgan fingerprint density at radius 3 is 2.81 bits per heavy atom. The lowest BCUT2D eigenvalue weighted by atomic mass is 10.4. The van der Waals surface area contributed by atoms with Crippen LogP contribution >= 0.6 is 22.7 Å². The van der Waals surface area contributed by atoms with Gasteiger partial charge in [0.15, 0.2) is 4.21 Å². The molecule has 2 aromatic rings. The number of nitrogens with one attached hydrogen (secondary N) is 1. The minimum atomic E-state index is -3.55. The highest BCUT2D eigenvalue weighted by atomic mass is 32.2. The smallest absolute Gasteiger partial charge is 0.328 e. The number of carboxylic acid groups (broad SMARTS) is 1. The van der Waals surface area contributed by atoms with Gasteiger partial charge in [0, 0.05) is 22.4 Å². The fraction of sp³-hybridized carbons (Fsp3) is 0.167. The van der Waals surface area contributed by atoms with Gasteiger partial charge in [0.25, 0.3) is 10.0 Å². The molecule has 0 spiro atoms. The maximum absolute atomic E-state index is 12.0. The molecule has 21 heavy (non-hydrogen) atoms. The summed E-state index contributed by atoms with van der Waals surface area (Å²) in [5, 5.41) is 9.23. The molecule has 2 N–H and O–H groups in total. The van der Waals surface area contributed by atoms with E-state index in [1.165, 1.54) is 23.6 Å². The molecule has 6 nitrogen and oxygen atoms in total. The van der Waals surface area contributed by atoms with Crippen LogP contribution in [0.4, 0.5) is 0 Å². The third-order valence-electron chi connectivity index (χ3n) is 2.37. The Bertz CT molecular complexity index is 774. The number of hydrogen-bond donors (Lipinski definition) is 2. The number of nitrogens with zero attached hydrogens (tertiary/aromatic N) is 1. The van der Waals surface area contributed by atoms with E-state index < -0.39 is 16.0 Å². The molecule has 0 aliphatic carbocycles. The van der Waals surface area contributed by atoms with Crippen molar-refractivity contribution in [1.82, 2.24) is 9.71 Å². The first kappa shape index (κ1) is 15.8. The minimum Gasteiger partial charge on any atom is -0.478 e. The van der Waals surface area contributed by atoms with Crippen molar-refractivity contribution in [2.75, 3.05) is 0 Å². The molecule has 0 amide bonds. The van der Waals surface area contributed by atoms with E-state index in [9.17, 15) is 13.2 Å². The summed E-state index contributed by atoms with van der Waals surface area (Å²) in [6.07, 6.45) is 3.84. The molecule has 0 atom stereocenters. The van der Waals surface area contributed by atoms with Gasteiger partial charge in [0.1, 0.15) is 0 Å². The van der Waals surface area contributed by atoms with Crippen LogP contribution in [0.2, 0.25) is 0 Å². The molecule has 0 saturated carbocycles. The lowest BCUT2D eigenvalue weighted by Gasteiger charge is -2.01. The number of aliphatic carboxylic acids is 1. The first-order valence-corrected chi connectivity index (χ1v) is 8.90. The minimum absolute atomic E-state index is 0.158. The number of aryl methyl sites for hydroxylation is 1. The second-order valence-corrected chi connectivity index (χ2v) is 8.43. The van der Waals surface area contributed by atoms with Crippen molar-refractivity contribution in [2.45, 2.75) is 17.7 Å². The highest BCUT2D eigenvalue weighted by Crippen LogP contribution is 2.20. The molecule has 2 aromatic heterocycles. The first-order chi connectivity index (χ1) is 9.87. The van der Waals surface area contributed by atoms with Gasteiger partial charge >= 0.3 is 5.97 Å². The number of thiophene rings is 1. The van der Waals surface area contributed by atoms with Gasteiger partial charge in [-0.2, -0.15) is 0 Å². The van der Waals surface area contributed by atoms with Crippen molar-refractivity contribution >= 4 is 44.7 Å². The third-order valence-corrected chi connectivity index (χ3v) is 6.20. The maximum atomic E-state index is 12.0. The summed E-state index contributed by atoms with van der Waals surface area (Å²) in [5.74, 6) is -1.02. The van der Waals surface area contributed by atoms with E-state index in [0.29, 0.717) is 5.01 Å². The quantitative estimate of drug-likeness (QED) is 0.782. The largest absolute Gasteiger partial charge is 0.478 e. The van der Waals surface area contributed by atoms with Crippen LogP contribution < -0.4 is 4.72 Å². The highest BCUT2D eigenvalue weighted by molar-refractivity contribution is 7.91. The second kappa shape index (κ2) is 6.48. The van der Waals surface area contributed by atoms with Gasteiger partial charge < -0.3 is 5.11 Å². The van der Waals surface area contributed by atoms with E-state index in [2.05, 4.69) is 9.71 Å². The molecule has 0 aliphatic rings. The topological polar surface area (TPSA) is 96.4 Å². The van der Waals surface area contributed by atoms with Gasteiger partial charge in [-0.3, -0.25) is 0 Å². The predicted molar refractivity (Wildman–Crippen MR) is 81.9 cm³/mol. The molecule has 2 rings (SSSR count). The summed E-state index contributed by atoms with van der Waals surface area (Å²) in [6.45, 7) is 1.90. The number of carboxylic acids is 1. The molecule has 0 aliphatic heterocycles. The van der Waals surface area contributed by atoms with Crippen LogP contribution in [0, 0.1) is 6.92 Å². The molecular weight excluding hydrogens is 332 g/mol. The van der Waals surface area contributed by atoms with Gasteiger partial charge in [-0.25, -0.2) is 22.9 Å². The number of rotatable bonds is 6. The van der Waals surface area contributed by atoms with Gasteiger partial charge in [-0.05, 0) is 25.1 Å². The van der Waals surface area contributed by atoms with E-state index >= 15 is 0 Å². The third kappa shape index (κ3) is 4.46. The Morgan fingerprint density at radius 1 is 1.43 bits per heavy atom. The number of sulfonamides is 1. The van der Waals surface area contributed by atoms with Gasteiger partial charge in [-0.15, -0.1) is 22.7 Å². The molecule has 112 valence electrons.